The fourth-order valence-electron chi connectivity index (χ4n) is 1.40. The van der Waals surface area contributed by atoms with E-state index in [4.69, 9.17) is 21.6 Å². The van der Waals surface area contributed by atoms with Gasteiger partial charge in [0.1, 0.15) is 12.4 Å². The molecule has 1 atom stereocenters. The lowest BCUT2D eigenvalue weighted by Crippen LogP contribution is -2.33. The van der Waals surface area contributed by atoms with Gasteiger partial charge in [-0.2, -0.15) is 5.26 Å². The zero-order valence-corrected chi connectivity index (χ0v) is 11.2. The SMILES string of the molecule is Cc1cc(OCC(CC#N)N(C)C)ccc1Cl. The van der Waals surface area contributed by atoms with Gasteiger partial charge in [0.2, 0.25) is 0 Å². The number of halogens is 1. The van der Waals surface area contributed by atoms with Gasteiger partial charge < -0.3 is 9.64 Å². The molecule has 0 N–H and O–H groups in total. The molecule has 17 heavy (non-hydrogen) atoms. The molecule has 1 aromatic rings. The van der Waals surface area contributed by atoms with E-state index in [-0.39, 0.29) is 6.04 Å². The summed E-state index contributed by atoms with van der Waals surface area (Å²) in [6, 6.07) is 7.84. The van der Waals surface area contributed by atoms with Crippen LogP contribution in [0.5, 0.6) is 5.75 Å². The third kappa shape index (κ3) is 4.26. The molecular weight excluding hydrogens is 236 g/mol. The highest BCUT2D eigenvalue weighted by atomic mass is 35.5. The molecule has 1 unspecified atom stereocenters. The molecule has 0 aromatic heterocycles. The smallest absolute Gasteiger partial charge is 0.119 e. The molecule has 92 valence electrons. The third-order valence-corrected chi connectivity index (χ3v) is 3.05. The minimum absolute atomic E-state index is 0.107. The fourth-order valence-corrected chi connectivity index (χ4v) is 1.51. The molecule has 0 aliphatic carbocycles. The van der Waals surface area contributed by atoms with Gasteiger partial charge in [0.05, 0.1) is 18.5 Å². The highest BCUT2D eigenvalue weighted by Crippen LogP contribution is 2.21. The second-order valence-electron chi connectivity index (χ2n) is 4.20. The molecule has 0 heterocycles. The summed E-state index contributed by atoms with van der Waals surface area (Å²) in [4.78, 5) is 1.99. The Balaban J connectivity index is 2.59. The molecule has 0 bridgehead atoms. The van der Waals surface area contributed by atoms with Gasteiger partial charge in [0.25, 0.3) is 0 Å². The molecule has 0 fully saturated rings. The van der Waals surface area contributed by atoms with Crippen molar-refractivity contribution in [3.05, 3.63) is 28.8 Å². The Morgan fingerprint density at radius 1 is 1.47 bits per heavy atom. The number of benzene rings is 1. The lowest BCUT2D eigenvalue weighted by molar-refractivity contribution is 0.188. The molecule has 0 saturated carbocycles. The summed E-state index contributed by atoms with van der Waals surface area (Å²) in [6.07, 6.45) is 0.458. The van der Waals surface area contributed by atoms with Gasteiger partial charge in [-0.1, -0.05) is 11.6 Å². The predicted molar refractivity (Wildman–Crippen MR) is 69.4 cm³/mol. The number of rotatable bonds is 5. The number of nitriles is 1. The van der Waals surface area contributed by atoms with Crippen molar-refractivity contribution in [2.45, 2.75) is 19.4 Å². The van der Waals surface area contributed by atoms with Crippen molar-refractivity contribution >= 4 is 11.6 Å². The minimum Gasteiger partial charge on any atom is -0.492 e. The molecular formula is C13H17ClN2O. The average molecular weight is 253 g/mol. The van der Waals surface area contributed by atoms with E-state index in [0.717, 1.165) is 16.3 Å². The fraction of sp³-hybridized carbons (Fsp3) is 0.462. The Kier molecular flexibility index (Phi) is 5.27. The van der Waals surface area contributed by atoms with Crippen LogP contribution < -0.4 is 4.74 Å². The van der Waals surface area contributed by atoms with Crippen LogP contribution in [0.3, 0.4) is 0 Å². The van der Waals surface area contributed by atoms with Crippen LogP contribution in [0.25, 0.3) is 0 Å². The quantitative estimate of drug-likeness (QED) is 0.809. The molecule has 0 radical (unpaired) electrons. The Morgan fingerprint density at radius 2 is 2.18 bits per heavy atom. The van der Waals surface area contributed by atoms with E-state index < -0.39 is 0 Å². The highest BCUT2D eigenvalue weighted by Gasteiger charge is 2.11. The van der Waals surface area contributed by atoms with Crippen molar-refractivity contribution < 1.29 is 4.74 Å². The first kappa shape index (κ1) is 13.8. The van der Waals surface area contributed by atoms with Gasteiger partial charge in [0.15, 0.2) is 0 Å². The maximum atomic E-state index is 8.71. The Labute approximate surface area is 108 Å². The van der Waals surface area contributed by atoms with Crippen molar-refractivity contribution in [2.24, 2.45) is 0 Å². The van der Waals surface area contributed by atoms with E-state index in [1.54, 1.807) is 0 Å². The summed E-state index contributed by atoms with van der Waals surface area (Å²) < 4.78 is 5.67. The molecule has 0 saturated heterocycles. The van der Waals surface area contributed by atoms with Crippen LogP contribution in [0.1, 0.15) is 12.0 Å². The van der Waals surface area contributed by atoms with Crippen LogP contribution in [0.4, 0.5) is 0 Å². The predicted octanol–water partition coefficient (Wildman–Crippen LogP) is 2.87. The number of hydrogen-bond acceptors (Lipinski definition) is 3. The van der Waals surface area contributed by atoms with Gasteiger partial charge >= 0.3 is 0 Å². The second kappa shape index (κ2) is 6.48. The number of ether oxygens (including phenoxy) is 1. The van der Waals surface area contributed by atoms with E-state index in [9.17, 15) is 0 Å². The maximum Gasteiger partial charge on any atom is 0.119 e. The monoisotopic (exact) mass is 252 g/mol. The Morgan fingerprint density at radius 3 is 2.71 bits per heavy atom. The normalized spacial score (nSPS) is 12.2. The van der Waals surface area contributed by atoms with E-state index in [1.165, 1.54) is 0 Å². The van der Waals surface area contributed by atoms with Crippen molar-refractivity contribution in [3.63, 3.8) is 0 Å². The van der Waals surface area contributed by atoms with Crippen LogP contribution in [0.2, 0.25) is 5.02 Å². The standard InChI is InChI=1S/C13H17ClN2O/c1-10-8-12(4-5-13(10)14)17-9-11(6-7-15)16(2)3/h4-5,8,11H,6,9H2,1-3H3. The minimum atomic E-state index is 0.107. The summed E-state index contributed by atoms with van der Waals surface area (Å²) in [5.74, 6) is 0.789. The van der Waals surface area contributed by atoms with Crippen LogP contribution in [-0.4, -0.2) is 31.6 Å². The molecule has 1 rings (SSSR count). The van der Waals surface area contributed by atoms with Crippen molar-refractivity contribution in [1.82, 2.24) is 4.90 Å². The zero-order chi connectivity index (χ0) is 12.8. The van der Waals surface area contributed by atoms with E-state index in [0.29, 0.717) is 13.0 Å². The average Bonchev–Trinajstić information content (AvgIpc) is 2.28. The first-order valence-electron chi connectivity index (χ1n) is 5.47. The first-order valence-corrected chi connectivity index (χ1v) is 5.84. The third-order valence-electron chi connectivity index (χ3n) is 2.63. The van der Waals surface area contributed by atoms with Crippen LogP contribution in [-0.2, 0) is 0 Å². The molecule has 3 nitrogen and oxygen atoms in total. The maximum absolute atomic E-state index is 8.71. The number of hydrogen-bond donors (Lipinski definition) is 0. The molecule has 0 spiro atoms. The number of nitrogens with zero attached hydrogens (tertiary/aromatic N) is 2. The van der Waals surface area contributed by atoms with Crippen molar-refractivity contribution in [3.8, 4) is 11.8 Å². The lowest BCUT2D eigenvalue weighted by Gasteiger charge is -2.22. The Bertz CT molecular complexity index is 412. The van der Waals surface area contributed by atoms with E-state index >= 15 is 0 Å². The van der Waals surface area contributed by atoms with E-state index in [1.807, 2.05) is 44.1 Å². The number of aryl methyl sites for hydroxylation is 1. The van der Waals surface area contributed by atoms with Crippen LogP contribution in [0.15, 0.2) is 18.2 Å². The number of likely N-dealkylation sites (N-methyl/N-ethyl adjacent to an activating group) is 1. The van der Waals surface area contributed by atoms with Gasteiger partial charge in [-0.3, -0.25) is 0 Å². The first-order chi connectivity index (χ1) is 8.04. The largest absolute Gasteiger partial charge is 0.492 e. The Hall–Kier alpha value is -1.24. The molecule has 0 aliphatic heterocycles. The van der Waals surface area contributed by atoms with Crippen LogP contribution >= 0.6 is 11.6 Å². The topological polar surface area (TPSA) is 36.3 Å². The van der Waals surface area contributed by atoms with Gasteiger partial charge in [0, 0.05) is 5.02 Å². The van der Waals surface area contributed by atoms with E-state index in [2.05, 4.69) is 6.07 Å². The van der Waals surface area contributed by atoms with Crippen LogP contribution in [0, 0.1) is 18.3 Å². The highest BCUT2D eigenvalue weighted by molar-refractivity contribution is 6.31. The summed E-state index contributed by atoms with van der Waals surface area (Å²) in [7, 11) is 3.89. The van der Waals surface area contributed by atoms with Crippen molar-refractivity contribution in [2.75, 3.05) is 20.7 Å². The summed E-state index contributed by atoms with van der Waals surface area (Å²) >= 11 is 5.94. The zero-order valence-electron chi connectivity index (χ0n) is 10.4. The molecule has 1 aromatic carbocycles. The molecule has 4 heteroatoms. The summed E-state index contributed by atoms with van der Waals surface area (Å²) in [5.41, 5.74) is 0.992. The summed E-state index contributed by atoms with van der Waals surface area (Å²) in [5, 5.41) is 9.45. The summed E-state index contributed by atoms with van der Waals surface area (Å²) in [6.45, 7) is 2.44. The van der Waals surface area contributed by atoms with Crippen molar-refractivity contribution in [1.29, 1.82) is 5.26 Å². The second-order valence-corrected chi connectivity index (χ2v) is 4.61. The lowest BCUT2D eigenvalue weighted by atomic mass is 10.2. The molecule has 0 aliphatic rings. The van der Waals surface area contributed by atoms with Gasteiger partial charge in [-0.15, -0.1) is 0 Å². The van der Waals surface area contributed by atoms with Gasteiger partial charge in [-0.25, -0.2) is 0 Å². The molecule has 0 amide bonds. The van der Waals surface area contributed by atoms with Gasteiger partial charge in [-0.05, 0) is 44.8 Å².